The Morgan fingerprint density at radius 2 is 2.06 bits per heavy atom. The maximum absolute atomic E-state index is 13.3. The highest BCUT2D eigenvalue weighted by Crippen LogP contribution is 2.27. The van der Waals surface area contributed by atoms with Gasteiger partial charge in [-0.2, -0.15) is 0 Å². The van der Waals surface area contributed by atoms with Crippen LogP contribution in [-0.2, 0) is 0 Å². The van der Waals surface area contributed by atoms with Gasteiger partial charge in [-0.15, -0.1) is 0 Å². The number of aliphatic hydroxyl groups is 1. The number of hydrogen-bond acceptors (Lipinski definition) is 3. The van der Waals surface area contributed by atoms with Crippen LogP contribution in [0.5, 0.6) is 0 Å². The van der Waals surface area contributed by atoms with Crippen molar-refractivity contribution in [3.05, 3.63) is 22.4 Å². The first-order valence-electron chi connectivity index (χ1n) is 5.85. The molecule has 1 atom stereocenters. The van der Waals surface area contributed by atoms with Gasteiger partial charge in [-0.25, -0.2) is 4.39 Å². The van der Waals surface area contributed by atoms with Crippen molar-refractivity contribution in [3.8, 4) is 0 Å². The molecule has 1 aromatic carbocycles. The molecule has 0 amide bonds. The monoisotopic (exact) mass is 318 g/mol. The Labute approximate surface area is 116 Å². The summed E-state index contributed by atoms with van der Waals surface area (Å²) in [6, 6.07) is 2.83. The summed E-state index contributed by atoms with van der Waals surface area (Å²) >= 11 is 3.07. The van der Waals surface area contributed by atoms with E-state index in [2.05, 4.69) is 42.0 Å². The summed E-state index contributed by atoms with van der Waals surface area (Å²) in [7, 11) is 0. The Balaban J connectivity index is 2.61. The van der Waals surface area contributed by atoms with E-state index in [-0.39, 0.29) is 11.2 Å². The minimum atomic E-state index is -0.490. The highest BCUT2D eigenvalue weighted by atomic mass is 79.9. The lowest BCUT2D eigenvalue weighted by atomic mass is 9.89. The van der Waals surface area contributed by atoms with Gasteiger partial charge in [-0.1, -0.05) is 20.8 Å². The van der Waals surface area contributed by atoms with Crippen LogP contribution in [0.2, 0.25) is 0 Å². The highest BCUT2D eigenvalue weighted by Gasteiger charge is 2.16. The van der Waals surface area contributed by atoms with Crippen molar-refractivity contribution in [2.75, 3.05) is 17.6 Å². The maximum atomic E-state index is 13.3. The summed E-state index contributed by atoms with van der Waals surface area (Å²) in [5.74, 6) is -0.378. The van der Waals surface area contributed by atoms with E-state index in [9.17, 15) is 9.50 Å². The third-order valence-corrected chi connectivity index (χ3v) is 3.08. The van der Waals surface area contributed by atoms with E-state index in [1.54, 1.807) is 0 Å². The average Bonchev–Trinajstić information content (AvgIpc) is 2.19. The summed E-state index contributed by atoms with van der Waals surface area (Å²) in [6.07, 6.45) is 0.176. The van der Waals surface area contributed by atoms with Crippen LogP contribution >= 0.6 is 15.9 Å². The van der Waals surface area contributed by atoms with Gasteiger partial charge < -0.3 is 16.2 Å². The van der Waals surface area contributed by atoms with Crippen LogP contribution in [0.3, 0.4) is 0 Å². The Morgan fingerprint density at radius 1 is 1.44 bits per heavy atom. The van der Waals surface area contributed by atoms with Crippen molar-refractivity contribution in [2.24, 2.45) is 5.41 Å². The van der Waals surface area contributed by atoms with Crippen molar-refractivity contribution in [3.63, 3.8) is 0 Å². The second kappa shape index (κ2) is 5.89. The molecule has 0 fully saturated rings. The molecular formula is C13H20BrFN2O. The van der Waals surface area contributed by atoms with Crippen LogP contribution in [-0.4, -0.2) is 17.8 Å². The molecule has 0 saturated heterocycles. The topological polar surface area (TPSA) is 58.3 Å². The molecule has 4 N–H and O–H groups in total. The first kappa shape index (κ1) is 15.2. The number of nitrogens with two attached hydrogens (primary N) is 1. The van der Waals surface area contributed by atoms with E-state index >= 15 is 0 Å². The third-order valence-electron chi connectivity index (χ3n) is 2.47. The molecule has 3 nitrogen and oxygen atoms in total. The van der Waals surface area contributed by atoms with Gasteiger partial charge in [-0.3, -0.25) is 0 Å². The predicted molar refractivity (Wildman–Crippen MR) is 77.1 cm³/mol. The van der Waals surface area contributed by atoms with Gasteiger partial charge in [0.1, 0.15) is 5.82 Å². The van der Waals surface area contributed by atoms with Gasteiger partial charge in [0.15, 0.2) is 0 Å². The van der Waals surface area contributed by atoms with E-state index in [0.29, 0.717) is 28.8 Å². The normalized spacial score (nSPS) is 13.4. The molecule has 0 aliphatic rings. The summed E-state index contributed by atoms with van der Waals surface area (Å²) < 4.78 is 13.7. The fourth-order valence-electron chi connectivity index (χ4n) is 1.72. The van der Waals surface area contributed by atoms with E-state index in [4.69, 9.17) is 5.73 Å². The van der Waals surface area contributed by atoms with Gasteiger partial charge in [-0.05, 0) is 33.8 Å². The molecular weight excluding hydrogens is 299 g/mol. The molecule has 0 bridgehead atoms. The quantitative estimate of drug-likeness (QED) is 0.746. The molecule has 0 saturated carbocycles. The van der Waals surface area contributed by atoms with Gasteiger partial charge in [0.25, 0.3) is 0 Å². The standard InChI is InChI=1S/C13H20BrFN2O/c1-13(2,3)6-8(18)7-17-12-5-10(15)9(14)4-11(12)16/h4-5,8,17-18H,6-7,16H2,1-3H3. The van der Waals surface area contributed by atoms with Crippen LogP contribution < -0.4 is 11.1 Å². The number of nitrogen functional groups attached to an aromatic ring is 1. The lowest BCUT2D eigenvalue weighted by molar-refractivity contribution is 0.132. The number of nitrogens with one attached hydrogen (secondary N) is 1. The number of hydrogen-bond donors (Lipinski definition) is 3. The van der Waals surface area contributed by atoms with Gasteiger partial charge in [0, 0.05) is 12.6 Å². The zero-order valence-electron chi connectivity index (χ0n) is 10.9. The first-order valence-corrected chi connectivity index (χ1v) is 6.65. The minimum absolute atomic E-state index is 0.0532. The van der Waals surface area contributed by atoms with Gasteiger partial charge >= 0.3 is 0 Å². The molecule has 5 heteroatoms. The summed E-state index contributed by atoms with van der Waals surface area (Å²) in [5, 5.41) is 12.8. The molecule has 1 aromatic rings. The molecule has 0 radical (unpaired) electrons. The van der Waals surface area contributed by atoms with Crippen molar-refractivity contribution in [1.29, 1.82) is 0 Å². The van der Waals surface area contributed by atoms with E-state index in [1.807, 2.05) is 0 Å². The fraction of sp³-hybridized carbons (Fsp3) is 0.538. The zero-order chi connectivity index (χ0) is 13.9. The van der Waals surface area contributed by atoms with Crippen LogP contribution in [0.15, 0.2) is 16.6 Å². The predicted octanol–water partition coefficient (Wildman–Crippen LogP) is 3.38. The summed E-state index contributed by atoms with van der Waals surface area (Å²) in [5.41, 5.74) is 6.77. The molecule has 1 rings (SSSR count). The van der Waals surface area contributed by atoms with E-state index in [1.165, 1.54) is 12.1 Å². The van der Waals surface area contributed by atoms with Gasteiger partial charge in [0.05, 0.1) is 22.0 Å². The van der Waals surface area contributed by atoms with Crippen molar-refractivity contribution in [1.82, 2.24) is 0 Å². The molecule has 0 aliphatic heterocycles. The summed E-state index contributed by atoms with van der Waals surface area (Å²) in [4.78, 5) is 0. The lowest BCUT2D eigenvalue weighted by Gasteiger charge is -2.23. The Bertz CT molecular complexity index is 418. The van der Waals surface area contributed by atoms with Crippen molar-refractivity contribution in [2.45, 2.75) is 33.3 Å². The molecule has 0 aromatic heterocycles. The minimum Gasteiger partial charge on any atom is -0.397 e. The summed E-state index contributed by atoms with van der Waals surface area (Å²) in [6.45, 7) is 6.53. The van der Waals surface area contributed by atoms with Crippen LogP contribution in [0.25, 0.3) is 0 Å². The molecule has 0 spiro atoms. The second-order valence-electron chi connectivity index (χ2n) is 5.65. The Kier molecular flexibility index (Phi) is 4.99. The molecule has 1 unspecified atom stereocenters. The average molecular weight is 319 g/mol. The number of rotatable bonds is 4. The smallest absolute Gasteiger partial charge is 0.139 e. The van der Waals surface area contributed by atoms with Crippen LogP contribution in [0, 0.1) is 11.2 Å². The Hall–Kier alpha value is -0.810. The van der Waals surface area contributed by atoms with E-state index in [0.717, 1.165) is 0 Å². The number of anilines is 2. The first-order chi connectivity index (χ1) is 8.19. The number of aliphatic hydroxyl groups excluding tert-OH is 1. The lowest BCUT2D eigenvalue weighted by Crippen LogP contribution is -2.25. The molecule has 18 heavy (non-hydrogen) atoms. The zero-order valence-corrected chi connectivity index (χ0v) is 12.5. The van der Waals surface area contributed by atoms with Gasteiger partial charge in [0.2, 0.25) is 0 Å². The number of benzene rings is 1. The largest absolute Gasteiger partial charge is 0.397 e. The van der Waals surface area contributed by atoms with E-state index < -0.39 is 6.10 Å². The SMILES string of the molecule is CC(C)(C)CC(O)CNc1cc(F)c(Br)cc1N. The molecule has 0 heterocycles. The van der Waals surface area contributed by atoms with Crippen molar-refractivity contribution >= 4 is 27.3 Å². The third kappa shape index (κ3) is 4.82. The fourth-order valence-corrected chi connectivity index (χ4v) is 2.08. The molecule has 102 valence electrons. The number of halogens is 2. The molecule has 0 aliphatic carbocycles. The van der Waals surface area contributed by atoms with Crippen LogP contribution in [0.1, 0.15) is 27.2 Å². The van der Waals surface area contributed by atoms with Crippen LogP contribution in [0.4, 0.5) is 15.8 Å². The second-order valence-corrected chi connectivity index (χ2v) is 6.51. The highest BCUT2D eigenvalue weighted by molar-refractivity contribution is 9.10. The van der Waals surface area contributed by atoms with Crippen molar-refractivity contribution < 1.29 is 9.50 Å². The maximum Gasteiger partial charge on any atom is 0.139 e. The Morgan fingerprint density at radius 3 is 2.61 bits per heavy atom.